The van der Waals surface area contributed by atoms with E-state index in [2.05, 4.69) is 15.0 Å². The van der Waals surface area contributed by atoms with E-state index in [1.165, 1.54) is 0 Å². The average Bonchev–Trinajstić information content (AvgIpc) is 2.46. The van der Waals surface area contributed by atoms with E-state index in [4.69, 9.17) is 0 Å². The van der Waals surface area contributed by atoms with Crippen LogP contribution in [0.15, 0.2) is 48.8 Å². The molecule has 0 aliphatic carbocycles. The molecule has 0 aliphatic heterocycles. The third-order valence-electron chi connectivity index (χ3n) is 3.05. The SMILES string of the molecule is Cc1nccc(C(O)c2cccc3ncccc23)n1. The van der Waals surface area contributed by atoms with Crippen molar-refractivity contribution >= 4 is 10.9 Å². The van der Waals surface area contributed by atoms with Gasteiger partial charge in [0.15, 0.2) is 0 Å². The van der Waals surface area contributed by atoms with Gasteiger partial charge in [0.1, 0.15) is 11.9 Å². The molecule has 2 heterocycles. The van der Waals surface area contributed by atoms with Crippen LogP contribution in [-0.2, 0) is 0 Å². The Morgan fingerprint density at radius 1 is 1.00 bits per heavy atom. The average molecular weight is 251 g/mol. The molecule has 1 atom stereocenters. The van der Waals surface area contributed by atoms with Gasteiger partial charge in [-0.25, -0.2) is 9.97 Å². The second kappa shape index (κ2) is 4.74. The van der Waals surface area contributed by atoms with Crippen molar-refractivity contribution in [3.8, 4) is 0 Å². The summed E-state index contributed by atoms with van der Waals surface area (Å²) < 4.78 is 0. The van der Waals surface area contributed by atoms with Gasteiger partial charge in [-0.2, -0.15) is 0 Å². The smallest absolute Gasteiger partial charge is 0.125 e. The summed E-state index contributed by atoms with van der Waals surface area (Å²) in [6.45, 7) is 1.81. The molecule has 4 nitrogen and oxygen atoms in total. The summed E-state index contributed by atoms with van der Waals surface area (Å²) in [5.74, 6) is 0.648. The van der Waals surface area contributed by atoms with Gasteiger partial charge in [0.05, 0.1) is 11.2 Å². The zero-order valence-electron chi connectivity index (χ0n) is 10.5. The Labute approximate surface area is 110 Å². The maximum Gasteiger partial charge on any atom is 0.125 e. The number of aromatic nitrogens is 3. The lowest BCUT2D eigenvalue weighted by Crippen LogP contribution is -2.05. The first-order valence-electron chi connectivity index (χ1n) is 6.07. The molecule has 1 aromatic carbocycles. The van der Waals surface area contributed by atoms with Crippen LogP contribution < -0.4 is 0 Å². The molecule has 1 N–H and O–H groups in total. The molecule has 0 spiro atoms. The van der Waals surface area contributed by atoms with Gasteiger partial charge in [0.2, 0.25) is 0 Å². The Bertz CT molecular complexity index is 722. The highest BCUT2D eigenvalue weighted by Crippen LogP contribution is 2.26. The first-order chi connectivity index (χ1) is 9.25. The maximum atomic E-state index is 10.5. The van der Waals surface area contributed by atoms with Crippen molar-refractivity contribution in [2.75, 3.05) is 0 Å². The summed E-state index contributed by atoms with van der Waals surface area (Å²) >= 11 is 0. The predicted molar refractivity (Wildman–Crippen MR) is 72.6 cm³/mol. The second-order valence-corrected chi connectivity index (χ2v) is 4.35. The Morgan fingerprint density at radius 3 is 2.74 bits per heavy atom. The molecule has 0 radical (unpaired) electrons. The fourth-order valence-electron chi connectivity index (χ4n) is 2.15. The summed E-state index contributed by atoms with van der Waals surface area (Å²) in [6.07, 6.45) is 2.63. The minimum atomic E-state index is -0.769. The van der Waals surface area contributed by atoms with Crippen molar-refractivity contribution < 1.29 is 5.11 Å². The fourth-order valence-corrected chi connectivity index (χ4v) is 2.15. The minimum Gasteiger partial charge on any atom is -0.382 e. The Morgan fingerprint density at radius 2 is 1.89 bits per heavy atom. The van der Waals surface area contributed by atoms with Gasteiger partial charge in [-0.15, -0.1) is 0 Å². The second-order valence-electron chi connectivity index (χ2n) is 4.35. The summed E-state index contributed by atoms with van der Waals surface area (Å²) in [7, 11) is 0. The highest BCUT2D eigenvalue weighted by Gasteiger charge is 2.15. The lowest BCUT2D eigenvalue weighted by atomic mass is 10.0. The predicted octanol–water partition coefficient (Wildman–Crippen LogP) is 2.41. The zero-order chi connectivity index (χ0) is 13.2. The van der Waals surface area contributed by atoms with Crippen LogP contribution in [0, 0.1) is 6.92 Å². The van der Waals surface area contributed by atoms with E-state index in [0.717, 1.165) is 16.5 Å². The number of pyridine rings is 1. The van der Waals surface area contributed by atoms with E-state index < -0.39 is 6.10 Å². The van der Waals surface area contributed by atoms with E-state index in [1.54, 1.807) is 25.4 Å². The van der Waals surface area contributed by atoms with Crippen LogP contribution in [0.3, 0.4) is 0 Å². The highest BCUT2D eigenvalue weighted by atomic mass is 16.3. The van der Waals surface area contributed by atoms with Crippen LogP contribution in [0.2, 0.25) is 0 Å². The molecular weight excluding hydrogens is 238 g/mol. The van der Waals surface area contributed by atoms with Crippen LogP contribution in [-0.4, -0.2) is 20.1 Å². The monoisotopic (exact) mass is 251 g/mol. The maximum absolute atomic E-state index is 10.5. The molecule has 0 saturated carbocycles. The number of rotatable bonds is 2. The fraction of sp³-hybridized carbons (Fsp3) is 0.133. The number of hydrogen-bond acceptors (Lipinski definition) is 4. The normalized spacial score (nSPS) is 12.5. The van der Waals surface area contributed by atoms with Gasteiger partial charge in [-0.3, -0.25) is 4.98 Å². The van der Waals surface area contributed by atoms with Crippen LogP contribution in [0.1, 0.15) is 23.2 Å². The van der Waals surface area contributed by atoms with E-state index in [1.807, 2.05) is 30.3 Å². The van der Waals surface area contributed by atoms with Gasteiger partial charge in [0.25, 0.3) is 0 Å². The van der Waals surface area contributed by atoms with Gasteiger partial charge in [-0.05, 0) is 30.7 Å². The van der Waals surface area contributed by atoms with Gasteiger partial charge >= 0.3 is 0 Å². The molecule has 0 aliphatic rings. The molecular formula is C15H13N3O. The highest BCUT2D eigenvalue weighted by molar-refractivity contribution is 5.82. The molecule has 0 fully saturated rings. The van der Waals surface area contributed by atoms with Crippen molar-refractivity contribution in [2.45, 2.75) is 13.0 Å². The van der Waals surface area contributed by atoms with E-state index in [0.29, 0.717) is 11.5 Å². The molecule has 0 saturated heterocycles. The summed E-state index contributed by atoms with van der Waals surface area (Å²) in [5.41, 5.74) is 2.28. The largest absolute Gasteiger partial charge is 0.382 e. The first kappa shape index (κ1) is 11.7. The van der Waals surface area contributed by atoms with Crippen molar-refractivity contribution in [2.24, 2.45) is 0 Å². The van der Waals surface area contributed by atoms with Crippen molar-refractivity contribution in [3.63, 3.8) is 0 Å². The van der Waals surface area contributed by atoms with Crippen LogP contribution in [0.25, 0.3) is 10.9 Å². The number of benzene rings is 1. The van der Waals surface area contributed by atoms with Crippen LogP contribution in [0.5, 0.6) is 0 Å². The number of nitrogens with zero attached hydrogens (tertiary/aromatic N) is 3. The van der Waals surface area contributed by atoms with E-state index in [9.17, 15) is 5.11 Å². The zero-order valence-corrected chi connectivity index (χ0v) is 10.5. The molecule has 19 heavy (non-hydrogen) atoms. The third-order valence-corrected chi connectivity index (χ3v) is 3.05. The van der Waals surface area contributed by atoms with E-state index in [-0.39, 0.29) is 0 Å². The summed E-state index contributed by atoms with van der Waals surface area (Å²) in [5, 5.41) is 11.4. The molecule has 0 bridgehead atoms. The lowest BCUT2D eigenvalue weighted by Gasteiger charge is -2.13. The van der Waals surface area contributed by atoms with E-state index >= 15 is 0 Å². The van der Waals surface area contributed by atoms with Crippen molar-refractivity contribution in [3.05, 3.63) is 65.9 Å². The van der Waals surface area contributed by atoms with Crippen molar-refractivity contribution in [1.82, 2.24) is 15.0 Å². The third kappa shape index (κ3) is 2.18. The molecule has 0 amide bonds. The molecule has 4 heteroatoms. The van der Waals surface area contributed by atoms with Gasteiger partial charge in [-0.1, -0.05) is 18.2 Å². The quantitative estimate of drug-likeness (QED) is 0.760. The number of aliphatic hydroxyl groups excluding tert-OH is 1. The lowest BCUT2D eigenvalue weighted by molar-refractivity contribution is 0.216. The molecule has 3 rings (SSSR count). The minimum absolute atomic E-state index is 0.601. The number of aliphatic hydroxyl groups is 1. The van der Waals surface area contributed by atoms with Crippen LogP contribution in [0.4, 0.5) is 0 Å². The van der Waals surface area contributed by atoms with Gasteiger partial charge in [0, 0.05) is 17.8 Å². The standard InChI is InChI=1S/C15H13N3O/c1-10-16-9-7-14(18-10)15(19)12-4-2-6-13-11(12)5-3-8-17-13/h2-9,15,19H,1H3. The molecule has 2 aromatic heterocycles. The molecule has 1 unspecified atom stereocenters. The number of aryl methyl sites for hydroxylation is 1. The number of hydrogen-bond donors (Lipinski definition) is 1. The summed E-state index contributed by atoms with van der Waals surface area (Å²) in [4.78, 5) is 12.6. The topological polar surface area (TPSA) is 58.9 Å². The van der Waals surface area contributed by atoms with Gasteiger partial charge < -0.3 is 5.11 Å². The first-order valence-corrected chi connectivity index (χ1v) is 6.07. The molecule has 94 valence electrons. The Hall–Kier alpha value is -2.33. The van der Waals surface area contributed by atoms with Crippen LogP contribution >= 0.6 is 0 Å². The van der Waals surface area contributed by atoms with Crippen molar-refractivity contribution in [1.29, 1.82) is 0 Å². The molecule has 3 aromatic rings. The number of fused-ring (bicyclic) bond motifs is 1. The Balaban J connectivity index is 2.14. The summed E-state index contributed by atoms with van der Waals surface area (Å²) in [6, 6.07) is 11.3. The Kier molecular flexibility index (Phi) is 2.93.